The summed E-state index contributed by atoms with van der Waals surface area (Å²) in [5.74, 6) is 1.92. The highest BCUT2D eigenvalue weighted by molar-refractivity contribution is 7.09. The third-order valence-corrected chi connectivity index (χ3v) is 5.33. The number of hydrogen-bond acceptors (Lipinski definition) is 8. The van der Waals surface area contributed by atoms with E-state index in [4.69, 9.17) is 9.47 Å². The van der Waals surface area contributed by atoms with Crippen molar-refractivity contribution in [3.8, 4) is 0 Å². The summed E-state index contributed by atoms with van der Waals surface area (Å²) in [6, 6.07) is 2.07. The van der Waals surface area contributed by atoms with Crippen molar-refractivity contribution in [1.82, 2.24) is 15.0 Å². The average Bonchev–Trinajstić information content (AvgIpc) is 3.09. The van der Waals surface area contributed by atoms with Crippen LogP contribution in [0.15, 0.2) is 17.8 Å². The molecule has 2 aromatic rings. The summed E-state index contributed by atoms with van der Waals surface area (Å²) in [5.41, 5.74) is 1.05. The molecule has 1 atom stereocenters. The summed E-state index contributed by atoms with van der Waals surface area (Å²) in [6.07, 6.45) is 1.66. The maximum Gasteiger partial charge on any atom is 0.134 e. The van der Waals surface area contributed by atoms with Gasteiger partial charge in [-0.3, -0.25) is 0 Å². The van der Waals surface area contributed by atoms with E-state index in [-0.39, 0.29) is 6.10 Å². The van der Waals surface area contributed by atoms with Crippen molar-refractivity contribution >= 4 is 23.0 Å². The lowest BCUT2D eigenvalue weighted by Crippen LogP contribution is -2.39. The zero-order valence-corrected chi connectivity index (χ0v) is 14.5. The molecule has 1 unspecified atom stereocenters. The van der Waals surface area contributed by atoms with Crippen LogP contribution in [0.1, 0.15) is 16.8 Å². The van der Waals surface area contributed by atoms with Crippen molar-refractivity contribution < 1.29 is 9.47 Å². The number of anilines is 2. The molecule has 24 heavy (non-hydrogen) atoms. The zero-order chi connectivity index (χ0) is 16.4. The SMILES string of the molecule is Cc1csc(C2CN(c3cc(N4CCOCC4)ncn3)CCO2)n1. The van der Waals surface area contributed by atoms with Crippen LogP contribution in [0, 0.1) is 6.92 Å². The highest BCUT2D eigenvalue weighted by Crippen LogP contribution is 2.28. The van der Waals surface area contributed by atoms with E-state index in [0.717, 1.165) is 61.7 Å². The summed E-state index contributed by atoms with van der Waals surface area (Å²) in [6.45, 7) is 7.55. The number of rotatable bonds is 3. The maximum absolute atomic E-state index is 5.91. The fraction of sp³-hybridized carbons (Fsp3) is 0.562. The number of aromatic nitrogens is 3. The van der Waals surface area contributed by atoms with Crippen molar-refractivity contribution in [1.29, 1.82) is 0 Å². The molecule has 2 saturated heterocycles. The van der Waals surface area contributed by atoms with Crippen LogP contribution in [0.5, 0.6) is 0 Å². The van der Waals surface area contributed by atoms with Crippen LogP contribution in [0.3, 0.4) is 0 Å². The second-order valence-corrected chi connectivity index (χ2v) is 6.86. The average molecular weight is 347 g/mol. The largest absolute Gasteiger partial charge is 0.378 e. The van der Waals surface area contributed by atoms with Crippen LogP contribution in [-0.4, -0.2) is 61.0 Å². The third-order valence-electron chi connectivity index (χ3n) is 4.28. The van der Waals surface area contributed by atoms with Crippen molar-refractivity contribution in [3.63, 3.8) is 0 Å². The molecule has 7 nitrogen and oxygen atoms in total. The fourth-order valence-corrected chi connectivity index (χ4v) is 3.84. The number of thiazole rings is 1. The zero-order valence-electron chi connectivity index (χ0n) is 13.7. The molecular formula is C16H21N5O2S. The standard InChI is InChI=1S/C16H21N5O2S/c1-12-10-24-16(19-12)13-9-21(4-7-23-13)15-8-14(17-11-18-15)20-2-5-22-6-3-20/h8,10-11,13H,2-7,9H2,1H3. The molecule has 0 radical (unpaired) electrons. The Morgan fingerprint density at radius 1 is 1.08 bits per heavy atom. The lowest BCUT2D eigenvalue weighted by molar-refractivity contribution is 0.0393. The molecule has 0 bridgehead atoms. The molecule has 0 saturated carbocycles. The Morgan fingerprint density at radius 2 is 1.83 bits per heavy atom. The van der Waals surface area contributed by atoms with Crippen molar-refractivity contribution in [2.75, 3.05) is 55.8 Å². The van der Waals surface area contributed by atoms with Gasteiger partial charge in [-0.25, -0.2) is 15.0 Å². The van der Waals surface area contributed by atoms with Crippen LogP contribution in [0.4, 0.5) is 11.6 Å². The van der Waals surface area contributed by atoms with E-state index in [1.165, 1.54) is 0 Å². The highest BCUT2D eigenvalue weighted by atomic mass is 32.1. The number of morpholine rings is 2. The Bertz CT molecular complexity index is 689. The molecule has 2 aliphatic heterocycles. The van der Waals surface area contributed by atoms with Crippen LogP contribution >= 0.6 is 11.3 Å². The Hall–Kier alpha value is -1.77. The molecule has 0 spiro atoms. The lowest BCUT2D eigenvalue weighted by Gasteiger charge is -2.33. The second-order valence-electron chi connectivity index (χ2n) is 5.97. The van der Waals surface area contributed by atoms with E-state index in [1.807, 2.05) is 6.92 Å². The van der Waals surface area contributed by atoms with Crippen LogP contribution in [-0.2, 0) is 9.47 Å². The van der Waals surface area contributed by atoms with Gasteiger partial charge < -0.3 is 19.3 Å². The van der Waals surface area contributed by atoms with Crippen molar-refractivity contribution in [2.45, 2.75) is 13.0 Å². The first-order valence-corrected chi connectivity index (χ1v) is 9.11. The van der Waals surface area contributed by atoms with Crippen molar-refractivity contribution in [3.05, 3.63) is 28.5 Å². The van der Waals surface area contributed by atoms with Crippen molar-refractivity contribution in [2.24, 2.45) is 0 Å². The molecule has 8 heteroatoms. The number of aryl methyl sites for hydroxylation is 1. The van der Waals surface area contributed by atoms with E-state index in [2.05, 4.69) is 36.2 Å². The Balaban J connectivity index is 1.50. The monoisotopic (exact) mass is 347 g/mol. The Kier molecular flexibility index (Phi) is 4.59. The second kappa shape index (κ2) is 7.00. The molecule has 2 aromatic heterocycles. The summed E-state index contributed by atoms with van der Waals surface area (Å²) in [5, 5.41) is 3.11. The van der Waals surface area contributed by atoms with Crippen LogP contribution < -0.4 is 9.80 Å². The summed E-state index contributed by atoms with van der Waals surface area (Å²) in [7, 11) is 0. The minimum atomic E-state index is 0.0132. The summed E-state index contributed by atoms with van der Waals surface area (Å²) in [4.78, 5) is 18.0. The number of hydrogen-bond donors (Lipinski definition) is 0. The van der Waals surface area contributed by atoms with E-state index in [1.54, 1.807) is 17.7 Å². The molecule has 0 aliphatic carbocycles. The van der Waals surface area contributed by atoms with Gasteiger partial charge in [-0.1, -0.05) is 0 Å². The van der Waals surface area contributed by atoms with Gasteiger partial charge in [0.2, 0.25) is 0 Å². The quantitative estimate of drug-likeness (QED) is 0.836. The van der Waals surface area contributed by atoms with Crippen LogP contribution in [0.25, 0.3) is 0 Å². The first kappa shape index (κ1) is 15.7. The highest BCUT2D eigenvalue weighted by Gasteiger charge is 2.25. The smallest absolute Gasteiger partial charge is 0.134 e. The molecule has 4 heterocycles. The molecule has 128 valence electrons. The number of ether oxygens (including phenoxy) is 2. The van der Waals surface area contributed by atoms with Gasteiger partial charge in [-0.05, 0) is 6.92 Å². The molecule has 0 aromatic carbocycles. The van der Waals surface area contributed by atoms with Gasteiger partial charge in [0.1, 0.15) is 29.1 Å². The molecule has 2 fully saturated rings. The Morgan fingerprint density at radius 3 is 2.58 bits per heavy atom. The minimum Gasteiger partial charge on any atom is -0.378 e. The third kappa shape index (κ3) is 3.35. The predicted octanol–water partition coefficient (Wildman–Crippen LogP) is 1.66. The minimum absolute atomic E-state index is 0.0132. The summed E-state index contributed by atoms with van der Waals surface area (Å²) >= 11 is 1.66. The van der Waals surface area contributed by atoms with Gasteiger partial charge in [-0.15, -0.1) is 11.3 Å². The van der Waals surface area contributed by atoms with Gasteiger partial charge in [0.25, 0.3) is 0 Å². The molecule has 0 amide bonds. The van der Waals surface area contributed by atoms with Gasteiger partial charge >= 0.3 is 0 Å². The molecule has 2 aliphatic rings. The van der Waals surface area contributed by atoms with Gasteiger partial charge in [0, 0.05) is 36.8 Å². The van der Waals surface area contributed by atoms with Gasteiger partial charge in [0.05, 0.1) is 26.4 Å². The predicted molar refractivity (Wildman–Crippen MR) is 92.8 cm³/mol. The van der Waals surface area contributed by atoms with Gasteiger partial charge in [-0.2, -0.15) is 0 Å². The molecular weight excluding hydrogens is 326 g/mol. The van der Waals surface area contributed by atoms with Gasteiger partial charge in [0.15, 0.2) is 0 Å². The van der Waals surface area contributed by atoms with Crippen LogP contribution in [0.2, 0.25) is 0 Å². The first-order valence-electron chi connectivity index (χ1n) is 8.23. The van der Waals surface area contributed by atoms with E-state index < -0.39 is 0 Å². The summed E-state index contributed by atoms with van der Waals surface area (Å²) < 4.78 is 11.3. The maximum atomic E-state index is 5.91. The lowest BCUT2D eigenvalue weighted by atomic mass is 10.2. The normalized spacial score (nSPS) is 22.0. The molecule has 0 N–H and O–H groups in total. The number of nitrogens with zero attached hydrogens (tertiary/aromatic N) is 5. The van der Waals surface area contributed by atoms with E-state index in [0.29, 0.717) is 6.61 Å². The van der Waals surface area contributed by atoms with E-state index in [9.17, 15) is 0 Å². The topological polar surface area (TPSA) is 63.6 Å². The first-order chi connectivity index (χ1) is 11.8. The molecule has 4 rings (SSSR count). The fourth-order valence-electron chi connectivity index (χ4n) is 3.00. The Labute approximate surface area is 145 Å². The van der Waals surface area contributed by atoms with E-state index >= 15 is 0 Å².